The third kappa shape index (κ3) is 7.19. The van der Waals surface area contributed by atoms with Gasteiger partial charge < -0.3 is 14.6 Å². The number of aromatic nitrogens is 1. The highest BCUT2D eigenvalue weighted by molar-refractivity contribution is 7.12. The summed E-state index contributed by atoms with van der Waals surface area (Å²) in [5, 5.41) is 22.0. The molecule has 2 aromatic heterocycles. The first-order valence-electron chi connectivity index (χ1n) is 10.4. The predicted molar refractivity (Wildman–Crippen MR) is 123 cm³/mol. The summed E-state index contributed by atoms with van der Waals surface area (Å²) >= 11 is 1.49. The first kappa shape index (κ1) is 25.1. The van der Waals surface area contributed by atoms with E-state index in [9.17, 15) is 19.5 Å². The minimum absolute atomic E-state index is 0.220. The van der Waals surface area contributed by atoms with E-state index in [-0.39, 0.29) is 11.7 Å². The van der Waals surface area contributed by atoms with Crippen LogP contribution in [0.2, 0.25) is 0 Å². The summed E-state index contributed by atoms with van der Waals surface area (Å²) in [6.45, 7) is 5.50. The van der Waals surface area contributed by atoms with Gasteiger partial charge in [0.2, 0.25) is 0 Å². The molecule has 0 fully saturated rings. The summed E-state index contributed by atoms with van der Waals surface area (Å²) < 4.78 is 5.31. The number of aryl methyl sites for hydroxylation is 1. The Morgan fingerprint density at radius 2 is 2.12 bits per heavy atom. The molecule has 1 amide bonds. The first-order valence-corrected chi connectivity index (χ1v) is 11.2. The van der Waals surface area contributed by atoms with Crippen LogP contribution >= 0.6 is 11.3 Å². The van der Waals surface area contributed by atoms with Crippen molar-refractivity contribution in [3.8, 4) is 5.75 Å². The monoisotopic (exact) mass is 460 g/mol. The Bertz CT molecular complexity index is 1070. The first-order chi connectivity index (χ1) is 15.2. The molecule has 32 heavy (non-hydrogen) atoms. The zero-order chi connectivity index (χ0) is 23.7. The largest absolute Gasteiger partial charge is 0.507 e. The number of carboxylic acid groups (broad SMARTS) is 1. The van der Waals surface area contributed by atoms with Crippen LogP contribution in [0.3, 0.4) is 0 Å². The highest BCUT2D eigenvalue weighted by Crippen LogP contribution is 2.26. The Labute approximate surface area is 190 Å². The van der Waals surface area contributed by atoms with Crippen LogP contribution in [0.25, 0.3) is 6.08 Å². The van der Waals surface area contributed by atoms with Gasteiger partial charge in [-0.05, 0) is 44.3 Å². The van der Waals surface area contributed by atoms with Crippen molar-refractivity contribution in [1.82, 2.24) is 10.3 Å². The van der Waals surface area contributed by atoms with Crippen molar-refractivity contribution in [2.24, 2.45) is 0 Å². The highest BCUT2D eigenvalue weighted by Gasteiger charge is 2.22. The van der Waals surface area contributed by atoms with Gasteiger partial charge in [0.05, 0.1) is 5.01 Å². The number of hydrogen-bond donors (Lipinski definition) is 3. The second-order valence-corrected chi connectivity index (χ2v) is 8.59. The van der Waals surface area contributed by atoms with Crippen molar-refractivity contribution in [2.45, 2.75) is 58.8 Å². The number of amides is 1. The third-order valence-electron chi connectivity index (χ3n) is 4.79. The molecule has 0 saturated heterocycles. The van der Waals surface area contributed by atoms with E-state index >= 15 is 0 Å². The van der Waals surface area contributed by atoms with Crippen molar-refractivity contribution in [2.75, 3.05) is 0 Å². The molecule has 8 nitrogen and oxygen atoms in total. The number of nitrogens with one attached hydrogen (secondary N) is 1. The number of hydrogen-bond acceptors (Lipinski definition) is 7. The second-order valence-electron chi connectivity index (χ2n) is 7.44. The average Bonchev–Trinajstić information content (AvgIpc) is 3.18. The minimum Gasteiger partial charge on any atom is -0.507 e. The number of thiazole rings is 1. The van der Waals surface area contributed by atoms with Crippen LogP contribution in [0.1, 0.15) is 78.4 Å². The molecule has 2 rings (SSSR count). The molecule has 0 aliphatic rings. The maximum atomic E-state index is 12.8. The Morgan fingerprint density at radius 3 is 2.78 bits per heavy atom. The molecule has 1 atom stereocenters. The second kappa shape index (κ2) is 12.0. The normalized spacial score (nSPS) is 12.8. The Hall–Kier alpha value is -3.20. The molecule has 9 heteroatoms. The molecule has 0 aliphatic heterocycles. The molecule has 172 valence electrons. The molecule has 2 aromatic rings. The van der Waals surface area contributed by atoms with Gasteiger partial charge in [-0.25, -0.2) is 14.6 Å². The Morgan fingerprint density at radius 1 is 1.38 bits per heavy atom. The number of unbranched alkanes of at least 4 members (excludes halogenated alkanes) is 1. The highest BCUT2D eigenvalue weighted by atomic mass is 32.1. The molecule has 3 N–H and O–H groups in total. The molecular formula is C23H28N2O6S. The van der Waals surface area contributed by atoms with Crippen molar-refractivity contribution < 1.29 is 24.2 Å². The lowest BCUT2D eigenvalue weighted by Crippen LogP contribution is -2.16. The number of carbonyl (C=O) groups excluding carboxylic acids is 1. The van der Waals surface area contributed by atoms with Crippen LogP contribution in [0.5, 0.6) is 5.75 Å². The number of carbonyl (C=O) groups is 2. The van der Waals surface area contributed by atoms with Crippen LogP contribution in [0, 0.1) is 0 Å². The lowest BCUT2D eigenvalue weighted by Gasteiger charge is -2.11. The molecule has 2 heterocycles. The van der Waals surface area contributed by atoms with E-state index in [1.54, 1.807) is 25.3 Å². The van der Waals surface area contributed by atoms with Gasteiger partial charge in [-0.3, -0.25) is 10.1 Å². The molecule has 0 saturated carbocycles. The van der Waals surface area contributed by atoms with Gasteiger partial charge in [0.1, 0.15) is 17.1 Å². The Balaban J connectivity index is 2.12. The van der Waals surface area contributed by atoms with E-state index in [4.69, 9.17) is 9.52 Å². The lowest BCUT2D eigenvalue weighted by atomic mass is 10.00. The van der Waals surface area contributed by atoms with E-state index in [1.807, 2.05) is 6.92 Å². The van der Waals surface area contributed by atoms with Crippen LogP contribution < -0.4 is 10.9 Å². The van der Waals surface area contributed by atoms with Crippen molar-refractivity contribution in [3.63, 3.8) is 0 Å². The minimum atomic E-state index is -1.15. The quantitative estimate of drug-likeness (QED) is 0.314. The number of rotatable bonds is 11. The zero-order valence-electron chi connectivity index (χ0n) is 18.4. The van der Waals surface area contributed by atoms with Crippen LogP contribution in [-0.2, 0) is 6.42 Å². The molecule has 0 aliphatic carbocycles. The van der Waals surface area contributed by atoms with E-state index in [0.29, 0.717) is 18.4 Å². The standard InChI is InChI=1S/C23H28N2O6S/c1-4-5-9-19-25-13-16(32-19)11-15(3)21(27)20-17(26)12-18(31-22(20)28)14(2)8-6-7-10-24-23(29)30/h7,10-14,24,26H,4-6,8-9H2,1-3H3,(H,29,30)/b10-7+,15-11?. The topological polar surface area (TPSA) is 130 Å². The number of Topliss-reactive ketones (excluding diaryl/α,β-unsaturated/α-hetero) is 1. The lowest BCUT2D eigenvalue weighted by molar-refractivity contribution is 0.102. The number of nitrogens with zero attached hydrogens (tertiary/aromatic N) is 1. The van der Waals surface area contributed by atoms with Crippen molar-refractivity contribution in [1.29, 1.82) is 0 Å². The fraction of sp³-hybridized carbons (Fsp3) is 0.391. The third-order valence-corrected chi connectivity index (χ3v) is 5.79. The van der Waals surface area contributed by atoms with Gasteiger partial charge in [0.15, 0.2) is 5.78 Å². The Kier molecular flexibility index (Phi) is 9.39. The maximum Gasteiger partial charge on any atom is 0.408 e. The van der Waals surface area contributed by atoms with Gasteiger partial charge in [0.25, 0.3) is 0 Å². The van der Waals surface area contributed by atoms with Crippen molar-refractivity contribution >= 4 is 29.3 Å². The van der Waals surface area contributed by atoms with E-state index < -0.39 is 28.8 Å². The van der Waals surface area contributed by atoms with Gasteiger partial charge in [-0.15, -0.1) is 11.3 Å². The van der Waals surface area contributed by atoms with E-state index in [0.717, 1.165) is 29.1 Å². The fourth-order valence-corrected chi connectivity index (χ4v) is 3.93. The van der Waals surface area contributed by atoms with Crippen LogP contribution in [-0.4, -0.2) is 27.1 Å². The molecule has 0 radical (unpaired) electrons. The SMILES string of the molecule is CCCCc1ncc(C=C(C)C(=O)c2c(O)cc(C(C)CC/C=C/NC(=O)O)oc2=O)s1. The summed E-state index contributed by atoms with van der Waals surface area (Å²) in [4.78, 5) is 40.8. The fourth-order valence-electron chi connectivity index (χ4n) is 2.96. The summed E-state index contributed by atoms with van der Waals surface area (Å²) in [5.74, 6) is -0.977. The molecule has 0 spiro atoms. The molecular weight excluding hydrogens is 432 g/mol. The summed E-state index contributed by atoms with van der Waals surface area (Å²) in [6, 6.07) is 1.29. The van der Waals surface area contributed by atoms with Crippen LogP contribution in [0.4, 0.5) is 4.79 Å². The number of allylic oxidation sites excluding steroid dienone is 2. The summed E-state index contributed by atoms with van der Waals surface area (Å²) in [7, 11) is 0. The van der Waals surface area contributed by atoms with Crippen LogP contribution in [0.15, 0.2) is 39.3 Å². The average molecular weight is 461 g/mol. The molecule has 1 unspecified atom stereocenters. The summed E-state index contributed by atoms with van der Waals surface area (Å²) in [5.41, 5.74) is -0.980. The van der Waals surface area contributed by atoms with Gasteiger partial charge in [-0.2, -0.15) is 0 Å². The smallest absolute Gasteiger partial charge is 0.408 e. The molecule has 0 bridgehead atoms. The molecule has 0 aromatic carbocycles. The van der Waals surface area contributed by atoms with Gasteiger partial charge >= 0.3 is 11.7 Å². The zero-order valence-corrected chi connectivity index (χ0v) is 19.2. The summed E-state index contributed by atoms with van der Waals surface area (Å²) in [6.07, 6.45) is 9.25. The van der Waals surface area contributed by atoms with Crippen molar-refractivity contribution in [3.05, 3.63) is 61.7 Å². The predicted octanol–water partition coefficient (Wildman–Crippen LogP) is 5.10. The van der Waals surface area contributed by atoms with E-state index in [1.165, 1.54) is 23.6 Å². The number of ketones is 1. The van der Waals surface area contributed by atoms with E-state index in [2.05, 4.69) is 17.2 Å². The number of aromatic hydroxyl groups is 1. The van der Waals surface area contributed by atoms with Gasteiger partial charge in [-0.1, -0.05) is 26.3 Å². The maximum absolute atomic E-state index is 12.8. The van der Waals surface area contributed by atoms with Gasteiger partial charge in [0, 0.05) is 29.3 Å².